The number of hydrogen-bond donors (Lipinski definition) is 1. The molecule has 8 heteroatoms. The van der Waals surface area contributed by atoms with Gasteiger partial charge in [0, 0.05) is 13.6 Å². The van der Waals surface area contributed by atoms with E-state index in [1.807, 2.05) is 11.9 Å². The number of aryl methyl sites for hydroxylation is 1. The van der Waals surface area contributed by atoms with Crippen molar-refractivity contribution in [1.82, 2.24) is 10.2 Å². The maximum Gasteiger partial charge on any atom is 0.263 e. The van der Waals surface area contributed by atoms with Crippen LogP contribution in [0.4, 0.5) is 16.0 Å². The highest BCUT2D eigenvalue weighted by Crippen LogP contribution is 2.18. The summed E-state index contributed by atoms with van der Waals surface area (Å²) in [5, 5.41) is 7.93. The average Bonchev–Trinajstić information content (AvgIpc) is 2.55. The molecule has 0 spiro atoms. The molecule has 0 fully saturated rings. The number of rotatable bonds is 7. The van der Waals surface area contributed by atoms with E-state index >= 15 is 0 Å². The van der Waals surface area contributed by atoms with Crippen LogP contribution >= 0.6 is 0 Å². The minimum Gasteiger partial charge on any atom is -0.358 e. The van der Waals surface area contributed by atoms with E-state index in [0.29, 0.717) is 5.82 Å². The first-order chi connectivity index (χ1) is 11.3. The van der Waals surface area contributed by atoms with Gasteiger partial charge in [-0.05, 0) is 49.2 Å². The number of nitrogens with one attached hydrogen (secondary N) is 1. The predicted octanol–water partition coefficient (Wildman–Crippen LogP) is 2.96. The third-order valence-corrected chi connectivity index (χ3v) is 4.92. The molecule has 2 rings (SSSR count). The molecule has 0 atom stereocenters. The van der Waals surface area contributed by atoms with Gasteiger partial charge in [0.25, 0.3) is 10.0 Å². The lowest BCUT2D eigenvalue weighted by Gasteiger charge is -2.17. The van der Waals surface area contributed by atoms with Gasteiger partial charge in [-0.15, -0.1) is 10.2 Å². The van der Waals surface area contributed by atoms with Crippen LogP contribution in [0.1, 0.15) is 25.3 Å². The summed E-state index contributed by atoms with van der Waals surface area (Å²) in [5.74, 6) is 0.335. The molecule has 6 nitrogen and oxygen atoms in total. The summed E-state index contributed by atoms with van der Waals surface area (Å²) in [6.07, 6.45) is 2.11. The SMILES string of the molecule is CCCCN(C)c1ccc(NS(=O)(=O)c2ccc(F)c(C)c2)nn1. The van der Waals surface area contributed by atoms with Crippen LogP contribution in [0.15, 0.2) is 35.2 Å². The minimum atomic E-state index is -3.83. The Kier molecular flexibility index (Phi) is 5.71. The molecule has 1 heterocycles. The van der Waals surface area contributed by atoms with Gasteiger partial charge in [-0.25, -0.2) is 12.8 Å². The molecule has 130 valence electrons. The van der Waals surface area contributed by atoms with Crippen molar-refractivity contribution < 1.29 is 12.8 Å². The predicted molar refractivity (Wildman–Crippen MR) is 92.2 cm³/mol. The summed E-state index contributed by atoms with van der Waals surface area (Å²) in [5.41, 5.74) is 0.261. The Morgan fingerprint density at radius 2 is 1.96 bits per heavy atom. The van der Waals surface area contributed by atoms with Crippen LogP contribution in [0.5, 0.6) is 0 Å². The van der Waals surface area contributed by atoms with Crippen molar-refractivity contribution in [3.05, 3.63) is 41.7 Å². The third-order valence-electron chi connectivity index (χ3n) is 3.57. The lowest BCUT2D eigenvalue weighted by atomic mass is 10.2. The van der Waals surface area contributed by atoms with Crippen molar-refractivity contribution in [2.75, 3.05) is 23.2 Å². The fourth-order valence-corrected chi connectivity index (χ4v) is 3.16. The van der Waals surface area contributed by atoms with Crippen LogP contribution in [0, 0.1) is 12.7 Å². The number of aromatic nitrogens is 2. The van der Waals surface area contributed by atoms with Gasteiger partial charge in [-0.1, -0.05) is 13.3 Å². The second-order valence-corrected chi connectivity index (χ2v) is 7.25. The Morgan fingerprint density at radius 3 is 2.54 bits per heavy atom. The number of sulfonamides is 1. The van der Waals surface area contributed by atoms with Crippen LogP contribution in [0.3, 0.4) is 0 Å². The lowest BCUT2D eigenvalue weighted by Crippen LogP contribution is -2.20. The van der Waals surface area contributed by atoms with Gasteiger partial charge < -0.3 is 4.90 Å². The van der Waals surface area contributed by atoms with Gasteiger partial charge in [0.1, 0.15) is 5.82 Å². The second kappa shape index (κ2) is 7.57. The molecule has 0 aliphatic rings. The Balaban J connectivity index is 2.13. The monoisotopic (exact) mass is 352 g/mol. The lowest BCUT2D eigenvalue weighted by molar-refractivity contribution is 0.598. The fraction of sp³-hybridized carbons (Fsp3) is 0.375. The zero-order valence-electron chi connectivity index (χ0n) is 14.0. The van der Waals surface area contributed by atoms with E-state index < -0.39 is 15.8 Å². The Bertz CT molecular complexity index is 794. The largest absolute Gasteiger partial charge is 0.358 e. The van der Waals surface area contributed by atoms with Crippen LogP contribution < -0.4 is 9.62 Å². The van der Waals surface area contributed by atoms with E-state index in [4.69, 9.17) is 0 Å². The first-order valence-electron chi connectivity index (χ1n) is 7.67. The van der Waals surface area contributed by atoms with Crippen molar-refractivity contribution in [2.24, 2.45) is 0 Å². The maximum atomic E-state index is 13.3. The first-order valence-corrected chi connectivity index (χ1v) is 9.15. The molecule has 0 aliphatic heterocycles. The fourth-order valence-electron chi connectivity index (χ4n) is 2.07. The quantitative estimate of drug-likeness (QED) is 0.829. The molecule has 24 heavy (non-hydrogen) atoms. The van der Waals surface area contributed by atoms with Gasteiger partial charge in [-0.3, -0.25) is 4.72 Å². The van der Waals surface area contributed by atoms with Crippen LogP contribution in [0.2, 0.25) is 0 Å². The summed E-state index contributed by atoms with van der Waals surface area (Å²) >= 11 is 0. The number of anilines is 2. The number of nitrogens with zero attached hydrogens (tertiary/aromatic N) is 3. The van der Waals surface area contributed by atoms with Crippen molar-refractivity contribution in [3.8, 4) is 0 Å². The van der Waals surface area contributed by atoms with Gasteiger partial charge in [-0.2, -0.15) is 0 Å². The van der Waals surface area contributed by atoms with Gasteiger partial charge in [0.2, 0.25) is 0 Å². The normalized spacial score (nSPS) is 11.3. The van der Waals surface area contributed by atoms with Crippen LogP contribution in [-0.2, 0) is 10.0 Å². The van der Waals surface area contributed by atoms with Crippen LogP contribution in [0.25, 0.3) is 0 Å². The summed E-state index contributed by atoms with van der Waals surface area (Å²) in [7, 11) is -1.93. The van der Waals surface area contributed by atoms with Crippen molar-refractivity contribution >= 4 is 21.7 Å². The van der Waals surface area contributed by atoms with Crippen molar-refractivity contribution in [1.29, 1.82) is 0 Å². The Morgan fingerprint density at radius 1 is 1.21 bits per heavy atom. The zero-order valence-corrected chi connectivity index (χ0v) is 14.8. The molecular formula is C16H21FN4O2S. The van der Waals surface area contributed by atoms with Gasteiger partial charge in [0.15, 0.2) is 11.6 Å². The first kappa shape index (κ1) is 18.1. The van der Waals surface area contributed by atoms with Crippen LogP contribution in [-0.4, -0.2) is 32.2 Å². The molecule has 0 saturated heterocycles. The molecule has 2 aromatic rings. The number of halogens is 1. The maximum absolute atomic E-state index is 13.3. The third kappa shape index (κ3) is 4.41. The summed E-state index contributed by atoms with van der Waals surface area (Å²) in [4.78, 5) is 1.94. The second-order valence-electron chi connectivity index (χ2n) is 5.57. The molecule has 0 saturated carbocycles. The van der Waals surface area contributed by atoms with E-state index in [1.54, 1.807) is 12.1 Å². The Labute approximate surface area is 141 Å². The highest BCUT2D eigenvalue weighted by Gasteiger charge is 2.16. The van der Waals surface area contributed by atoms with E-state index in [9.17, 15) is 12.8 Å². The number of unbranched alkanes of at least 4 members (excludes halogenated alkanes) is 1. The zero-order chi connectivity index (χ0) is 17.7. The topological polar surface area (TPSA) is 75.2 Å². The smallest absolute Gasteiger partial charge is 0.263 e. The average molecular weight is 352 g/mol. The van der Waals surface area contributed by atoms with E-state index in [1.165, 1.54) is 19.1 Å². The highest BCUT2D eigenvalue weighted by atomic mass is 32.2. The molecule has 0 bridgehead atoms. The number of hydrogen-bond acceptors (Lipinski definition) is 5. The Hall–Kier alpha value is -2.22. The molecule has 0 amide bonds. The molecule has 1 aromatic heterocycles. The standard InChI is InChI=1S/C16H21FN4O2S/c1-4-5-10-21(3)16-9-8-15(18-19-16)20-24(22,23)13-6-7-14(17)12(2)11-13/h6-9,11H,4-5,10H2,1-3H3,(H,18,20). The van der Waals surface area contributed by atoms with Crippen molar-refractivity contribution in [3.63, 3.8) is 0 Å². The minimum absolute atomic E-state index is 0.0210. The summed E-state index contributed by atoms with van der Waals surface area (Å²) in [6, 6.07) is 6.87. The summed E-state index contributed by atoms with van der Waals surface area (Å²) in [6.45, 7) is 4.47. The van der Waals surface area contributed by atoms with E-state index in [2.05, 4.69) is 21.8 Å². The van der Waals surface area contributed by atoms with E-state index in [0.717, 1.165) is 25.5 Å². The van der Waals surface area contributed by atoms with Crippen molar-refractivity contribution in [2.45, 2.75) is 31.6 Å². The van der Waals surface area contributed by atoms with Gasteiger partial charge >= 0.3 is 0 Å². The molecule has 0 radical (unpaired) electrons. The summed E-state index contributed by atoms with van der Waals surface area (Å²) < 4.78 is 40.3. The molecular weight excluding hydrogens is 331 g/mol. The number of benzene rings is 1. The van der Waals surface area contributed by atoms with E-state index in [-0.39, 0.29) is 16.3 Å². The molecule has 1 N–H and O–H groups in total. The molecule has 1 aromatic carbocycles. The molecule has 0 unspecified atom stereocenters. The highest BCUT2D eigenvalue weighted by molar-refractivity contribution is 7.92. The van der Waals surface area contributed by atoms with Gasteiger partial charge in [0.05, 0.1) is 4.90 Å². The molecule has 0 aliphatic carbocycles.